The number of hydrogen-bond donors (Lipinski definition) is 0. The van der Waals surface area contributed by atoms with Crippen molar-refractivity contribution >= 4 is 34.8 Å². The molecule has 0 saturated heterocycles. The van der Waals surface area contributed by atoms with Gasteiger partial charge < -0.3 is 0 Å². The van der Waals surface area contributed by atoms with E-state index in [0.29, 0.717) is 10.0 Å². The van der Waals surface area contributed by atoms with Crippen molar-refractivity contribution in [3.63, 3.8) is 0 Å². The second-order valence-corrected chi connectivity index (χ2v) is 6.27. The van der Waals surface area contributed by atoms with E-state index >= 15 is 0 Å². The van der Waals surface area contributed by atoms with Crippen LogP contribution in [0.4, 0.5) is 0 Å². The van der Waals surface area contributed by atoms with Crippen LogP contribution >= 0.6 is 34.8 Å². The lowest BCUT2D eigenvalue weighted by atomic mass is 10.0. The highest BCUT2D eigenvalue weighted by Gasteiger charge is 2.06. The Labute approximate surface area is 135 Å². The smallest absolute Gasteiger partial charge is 0.0595 e. The average molecular weight is 328 g/mol. The van der Waals surface area contributed by atoms with Crippen LogP contribution in [0.2, 0.25) is 15.1 Å². The Morgan fingerprint density at radius 2 is 1.60 bits per heavy atom. The van der Waals surface area contributed by atoms with Gasteiger partial charge in [-0.25, -0.2) is 0 Å². The molecule has 2 aromatic rings. The van der Waals surface area contributed by atoms with E-state index in [1.807, 2.05) is 18.2 Å². The first-order valence-electron chi connectivity index (χ1n) is 6.67. The van der Waals surface area contributed by atoms with Crippen molar-refractivity contribution in [3.05, 3.63) is 67.7 Å². The lowest BCUT2D eigenvalue weighted by Crippen LogP contribution is -1.94. The van der Waals surface area contributed by atoms with Crippen LogP contribution in [0.5, 0.6) is 0 Å². The molecule has 20 heavy (non-hydrogen) atoms. The monoisotopic (exact) mass is 326 g/mol. The third kappa shape index (κ3) is 3.69. The van der Waals surface area contributed by atoms with E-state index in [9.17, 15) is 0 Å². The van der Waals surface area contributed by atoms with Gasteiger partial charge in [0.2, 0.25) is 0 Å². The van der Waals surface area contributed by atoms with Crippen molar-refractivity contribution in [2.24, 2.45) is 0 Å². The maximum atomic E-state index is 6.39. The van der Waals surface area contributed by atoms with Gasteiger partial charge in [-0.3, -0.25) is 0 Å². The molecule has 0 radical (unpaired) electrons. The fourth-order valence-electron chi connectivity index (χ4n) is 2.21. The maximum Gasteiger partial charge on any atom is 0.0595 e. The Bertz CT molecular complexity index is 618. The van der Waals surface area contributed by atoms with E-state index in [-0.39, 0.29) is 0 Å². The normalized spacial score (nSPS) is 10.8. The number of rotatable bonds is 4. The van der Waals surface area contributed by atoms with Crippen molar-refractivity contribution in [2.45, 2.75) is 33.1 Å². The molecule has 0 amide bonds. The van der Waals surface area contributed by atoms with Gasteiger partial charge in [0.05, 0.1) is 10.0 Å². The molecule has 0 spiro atoms. The molecule has 0 heterocycles. The van der Waals surface area contributed by atoms with E-state index in [1.165, 1.54) is 22.3 Å². The van der Waals surface area contributed by atoms with Crippen LogP contribution < -0.4 is 0 Å². The zero-order valence-electron chi connectivity index (χ0n) is 11.6. The van der Waals surface area contributed by atoms with Crippen LogP contribution in [0.3, 0.4) is 0 Å². The molecule has 0 aliphatic rings. The first-order chi connectivity index (χ1) is 9.49. The summed E-state index contributed by atoms with van der Waals surface area (Å²) in [6, 6.07) is 10.1. The fraction of sp³-hybridized carbons (Fsp3) is 0.294. The molecular formula is C17H17Cl3. The van der Waals surface area contributed by atoms with Crippen molar-refractivity contribution in [3.8, 4) is 0 Å². The maximum absolute atomic E-state index is 6.39. The van der Waals surface area contributed by atoms with Crippen LogP contribution in [0, 0.1) is 13.8 Å². The highest BCUT2D eigenvalue weighted by atomic mass is 35.5. The van der Waals surface area contributed by atoms with Gasteiger partial charge in [0, 0.05) is 5.02 Å². The highest BCUT2D eigenvalue weighted by molar-refractivity contribution is 6.42. The topological polar surface area (TPSA) is 0 Å². The quantitative estimate of drug-likeness (QED) is 0.606. The average Bonchev–Trinajstić information content (AvgIpc) is 2.43. The zero-order valence-corrected chi connectivity index (χ0v) is 13.9. The summed E-state index contributed by atoms with van der Waals surface area (Å²) in [5.41, 5.74) is 4.84. The van der Waals surface area contributed by atoms with Crippen molar-refractivity contribution < 1.29 is 0 Å². The van der Waals surface area contributed by atoms with E-state index in [2.05, 4.69) is 26.0 Å². The summed E-state index contributed by atoms with van der Waals surface area (Å²) in [4.78, 5) is 0. The Balaban J connectivity index is 1.99. The molecule has 3 heteroatoms. The van der Waals surface area contributed by atoms with Gasteiger partial charge in [-0.15, -0.1) is 0 Å². The third-order valence-electron chi connectivity index (χ3n) is 3.63. The van der Waals surface area contributed by atoms with Gasteiger partial charge >= 0.3 is 0 Å². The van der Waals surface area contributed by atoms with E-state index in [0.717, 1.165) is 24.3 Å². The van der Waals surface area contributed by atoms with Crippen LogP contribution in [-0.4, -0.2) is 0 Å². The first-order valence-corrected chi connectivity index (χ1v) is 7.81. The van der Waals surface area contributed by atoms with Gasteiger partial charge in [0.25, 0.3) is 0 Å². The molecular weight excluding hydrogens is 311 g/mol. The van der Waals surface area contributed by atoms with Crippen molar-refractivity contribution in [1.29, 1.82) is 0 Å². The van der Waals surface area contributed by atoms with Crippen LogP contribution in [0.1, 0.15) is 28.7 Å². The lowest BCUT2D eigenvalue weighted by molar-refractivity contribution is 0.820. The summed E-state index contributed by atoms with van der Waals surface area (Å²) in [5, 5.41) is 2.13. The molecule has 0 aliphatic carbocycles. The van der Waals surface area contributed by atoms with Gasteiger partial charge in [-0.05, 0) is 67.5 Å². The standard InChI is InChI=1S/C17H17Cl3/c1-11-6-8-14(17(20)12(11)2)5-3-4-13-7-9-15(18)16(19)10-13/h6-10H,3-5H2,1-2H3. The summed E-state index contributed by atoms with van der Waals surface area (Å²) in [7, 11) is 0. The van der Waals surface area contributed by atoms with Crippen LogP contribution in [0.25, 0.3) is 0 Å². The Morgan fingerprint density at radius 1 is 0.850 bits per heavy atom. The SMILES string of the molecule is Cc1ccc(CCCc2ccc(Cl)c(Cl)c2)c(Cl)c1C. The molecule has 0 nitrogen and oxygen atoms in total. The lowest BCUT2D eigenvalue weighted by Gasteiger charge is -2.09. The predicted molar refractivity (Wildman–Crippen MR) is 89.4 cm³/mol. The summed E-state index contributed by atoms with van der Waals surface area (Å²) >= 11 is 18.3. The Morgan fingerprint density at radius 3 is 2.30 bits per heavy atom. The molecule has 0 saturated carbocycles. The fourth-order valence-corrected chi connectivity index (χ4v) is 2.84. The number of aryl methyl sites for hydroxylation is 3. The zero-order chi connectivity index (χ0) is 14.7. The minimum absolute atomic E-state index is 0.604. The predicted octanol–water partition coefficient (Wildman–Crippen LogP) is 6.44. The Kier molecular flexibility index (Phi) is 5.37. The first kappa shape index (κ1) is 15.7. The minimum atomic E-state index is 0.604. The second-order valence-electron chi connectivity index (χ2n) is 5.08. The van der Waals surface area contributed by atoms with Gasteiger partial charge in [0.1, 0.15) is 0 Å². The van der Waals surface area contributed by atoms with Gasteiger partial charge in [-0.2, -0.15) is 0 Å². The molecule has 0 N–H and O–H groups in total. The highest BCUT2D eigenvalue weighted by Crippen LogP contribution is 2.26. The number of halogens is 3. The molecule has 2 rings (SSSR count). The van der Waals surface area contributed by atoms with Gasteiger partial charge in [0.15, 0.2) is 0 Å². The molecule has 0 fully saturated rings. The van der Waals surface area contributed by atoms with E-state index < -0.39 is 0 Å². The largest absolute Gasteiger partial charge is 0.0837 e. The summed E-state index contributed by atoms with van der Waals surface area (Å²) in [6.45, 7) is 4.15. The molecule has 0 aromatic heterocycles. The summed E-state index contributed by atoms with van der Waals surface area (Å²) in [5.74, 6) is 0. The van der Waals surface area contributed by atoms with Crippen LogP contribution in [0.15, 0.2) is 30.3 Å². The van der Waals surface area contributed by atoms with Crippen molar-refractivity contribution in [1.82, 2.24) is 0 Å². The van der Waals surface area contributed by atoms with Crippen molar-refractivity contribution in [2.75, 3.05) is 0 Å². The molecule has 0 atom stereocenters. The third-order valence-corrected chi connectivity index (χ3v) is 4.90. The Hall–Kier alpha value is -0.690. The molecule has 2 aromatic carbocycles. The molecule has 0 unspecified atom stereocenters. The summed E-state index contributed by atoms with van der Waals surface area (Å²) in [6.07, 6.45) is 2.99. The molecule has 0 bridgehead atoms. The summed E-state index contributed by atoms with van der Waals surface area (Å²) < 4.78 is 0. The van der Waals surface area contributed by atoms with Gasteiger partial charge in [-0.1, -0.05) is 53.0 Å². The minimum Gasteiger partial charge on any atom is -0.0837 e. The number of benzene rings is 2. The molecule has 106 valence electrons. The van der Waals surface area contributed by atoms with E-state index in [1.54, 1.807) is 0 Å². The number of hydrogen-bond acceptors (Lipinski definition) is 0. The second kappa shape index (κ2) is 6.85. The molecule has 0 aliphatic heterocycles. The van der Waals surface area contributed by atoms with E-state index in [4.69, 9.17) is 34.8 Å². The van der Waals surface area contributed by atoms with Crippen LogP contribution in [-0.2, 0) is 12.8 Å².